The van der Waals surface area contributed by atoms with Gasteiger partial charge in [-0.25, -0.2) is 9.78 Å². The fraction of sp³-hybridized carbons (Fsp3) is 0.167. The lowest BCUT2D eigenvalue weighted by atomic mass is 10.2. The first-order valence-electron chi connectivity index (χ1n) is 5.65. The average Bonchev–Trinajstić information content (AvgIpc) is 2.78. The van der Waals surface area contributed by atoms with Gasteiger partial charge in [0, 0.05) is 11.8 Å². The third kappa shape index (κ3) is 3.52. The number of nitrogens with zero attached hydrogens (tertiary/aromatic N) is 2. The van der Waals surface area contributed by atoms with Crippen molar-refractivity contribution in [3.63, 3.8) is 0 Å². The number of thiazole rings is 1. The van der Waals surface area contributed by atoms with Gasteiger partial charge in [0.25, 0.3) is 5.69 Å². The normalized spacial score (nSPS) is 10.6. The highest BCUT2D eigenvalue weighted by Crippen LogP contribution is 2.35. The topological polar surface area (TPSA) is 93.3 Å². The molecule has 1 N–H and O–H groups in total. The lowest BCUT2D eigenvalue weighted by Crippen LogP contribution is -1.94. The minimum Gasteiger partial charge on any atom is -0.477 e. The molecule has 0 bridgehead atoms. The second-order valence-corrected chi connectivity index (χ2v) is 6.61. The molecule has 110 valence electrons. The van der Waals surface area contributed by atoms with Gasteiger partial charge in [-0.3, -0.25) is 10.1 Å². The predicted octanol–water partition coefficient (Wildman–Crippen LogP) is 4.00. The van der Waals surface area contributed by atoms with Crippen molar-refractivity contribution in [3.8, 4) is 0 Å². The van der Waals surface area contributed by atoms with E-state index in [1.807, 2.05) is 0 Å². The molecule has 2 rings (SSSR count). The minimum atomic E-state index is -1.03. The third-order valence-electron chi connectivity index (χ3n) is 2.60. The predicted molar refractivity (Wildman–Crippen MR) is 81.5 cm³/mol. The standard InChI is InChI=1S/C12H9ClN2O4S2/c1-6-10(11(16)17)21-12(14-6)20-5-7-8(13)3-2-4-9(7)15(18)19/h2-4H,5H2,1H3,(H,16,17). The van der Waals surface area contributed by atoms with Crippen molar-refractivity contribution < 1.29 is 14.8 Å². The highest BCUT2D eigenvalue weighted by atomic mass is 35.5. The van der Waals surface area contributed by atoms with E-state index >= 15 is 0 Å². The molecule has 6 nitrogen and oxygen atoms in total. The molecular formula is C12H9ClN2O4S2. The van der Waals surface area contributed by atoms with Crippen LogP contribution in [0.25, 0.3) is 0 Å². The lowest BCUT2D eigenvalue weighted by Gasteiger charge is -2.03. The van der Waals surface area contributed by atoms with Gasteiger partial charge < -0.3 is 5.11 Å². The maximum atomic E-state index is 11.0. The Kier molecular flexibility index (Phi) is 4.81. The van der Waals surface area contributed by atoms with E-state index in [4.69, 9.17) is 16.7 Å². The molecular weight excluding hydrogens is 336 g/mol. The number of hydrogen-bond acceptors (Lipinski definition) is 6. The summed E-state index contributed by atoms with van der Waals surface area (Å²) in [6, 6.07) is 4.49. The highest BCUT2D eigenvalue weighted by Gasteiger charge is 2.19. The molecule has 1 aromatic carbocycles. The fourth-order valence-electron chi connectivity index (χ4n) is 1.63. The molecule has 0 saturated carbocycles. The zero-order chi connectivity index (χ0) is 15.6. The molecule has 0 aliphatic heterocycles. The van der Waals surface area contributed by atoms with Crippen LogP contribution < -0.4 is 0 Å². The van der Waals surface area contributed by atoms with Crippen LogP contribution in [0.2, 0.25) is 5.02 Å². The lowest BCUT2D eigenvalue weighted by molar-refractivity contribution is -0.385. The highest BCUT2D eigenvalue weighted by molar-refractivity contribution is 8.00. The number of halogens is 1. The number of aromatic carboxylic acids is 1. The number of thioether (sulfide) groups is 1. The fourth-order valence-corrected chi connectivity index (χ4v) is 4.02. The monoisotopic (exact) mass is 344 g/mol. The van der Waals surface area contributed by atoms with Crippen molar-refractivity contribution in [1.82, 2.24) is 4.98 Å². The second kappa shape index (κ2) is 6.42. The van der Waals surface area contributed by atoms with E-state index in [2.05, 4.69) is 4.98 Å². The molecule has 21 heavy (non-hydrogen) atoms. The smallest absolute Gasteiger partial charge is 0.347 e. The maximum Gasteiger partial charge on any atom is 0.347 e. The summed E-state index contributed by atoms with van der Waals surface area (Å²) < 4.78 is 0.541. The summed E-state index contributed by atoms with van der Waals surface area (Å²) in [7, 11) is 0. The number of carbonyl (C=O) groups is 1. The van der Waals surface area contributed by atoms with Crippen LogP contribution >= 0.6 is 34.7 Å². The Balaban J connectivity index is 2.23. The van der Waals surface area contributed by atoms with Gasteiger partial charge in [-0.2, -0.15) is 0 Å². The Morgan fingerprint density at radius 3 is 2.86 bits per heavy atom. The first kappa shape index (κ1) is 15.7. The Morgan fingerprint density at radius 1 is 1.57 bits per heavy atom. The Labute approximate surface area is 132 Å². The van der Waals surface area contributed by atoms with Crippen LogP contribution in [0.4, 0.5) is 5.69 Å². The Morgan fingerprint density at radius 2 is 2.29 bits per heavy atom. The van der Waals surface area contributed by atoms with Gasteiger partial charge in [0.05, 0.1) is 21.2 Å². The number of aryl methyl sites for hydroxylation is 1. The Hall–Kier alpha value is -1.64. The minimum absolute atomic E-state index is 0.0539. The van der Waals surface area contributed by atoms with Gasteiger partial charge in [0.1, 0.15) is 4.88 Å². The van der Waals surface area contributed by atoms with Crippen LogP contribution in [0.1, 0.15) is 20.9 Å². The largest absolute Gasteiger partial charge is 0.477 e. The second-order valence-electron chi connectivity index (χ2n) is 3.98. The van der Waals surface area contributed by atoms with Crippen LogP contribution in [-0.2, 0) is 5.75 Å². The summed E-state index contributed by atoms with van der Waals surface area (Å²) in [5, 5.41) is 20.3. The van der Waals surface area contributed by atoms with Gasteiger partial charge >= 0.3 is 5.97 Å². The van der Waals surface area contributed by atoms with Crippen LogP contribution in [0.15, 0.2) is 22.5 Å². The van der Waals surface area contributed by atoms with Crippen molar-refractivity contribution in [1.29, 1.82) is 0 Å². The molecule has 0 radical (unpaired) electrons. The van der Waals surface area contributed by atoms with E-state index in [9.17, 15) is 14.9 Å². The third-order valence-corrected chi connectivity index (χ3v) is 5.27. The van der Waals surface area contributed by atoms with E-state index in [0.29, 0.717) is 20.6 Å². The molecule has 2 aromatic rings. The molecule has 0 atom stereocenters. The van der Waals surface area contributed by atoms with Crippen molar-refractivity contribution in [2.45, 2.75) is 17.0 Å². The summed E-state index contributed by atoms with van der Waals surface area (Å²) in [4.78, 5) is 25.8. The number of carboxylic acids is 1. The molecule has 0 spiro atoms. The zero-order valence-corrected chi connectivity index (χ0v) is 13.1. The zero-order valence-electron chi connectivity index (χ0n) is 10.7. The van der Waals surface area contributed by atoms with Crippen molar-refractivity contribution in [3.05, 3.63) is 49.5 Å². The first-order chi connectivity index (χ1) is 9.90. The van der Waals surface area contributed by atoms with Gasteiger partial charge in [-0.15, -0.1) is 11.3 Å². The van der Waals surface area contributed by atoms with Crippen LogP contribution in [0.5, 0.6) is 0 Å². The first-order valence-corrected chi connectivity index (χ1v) is 7.83. The van der Waals surface area contributed by atoms with Gasteiger partial charge in [-0.05, 0) is 13.0 Å². The Bertz CT molecular complexity index is 717. The van der Waals surface area contributed by atoms with E-state index in [1.54, 1.807) is 13.0 Å². The number of nitro groups is 1. The van der Waals surface area contributed by atoms with Gasteiger partial charge in [-0.1, -0.05) is 29.4 Å². The van der Waals surface area contributed by atoms with Crippen molar-refractivity contribution in [2.24, 2.45) is 0 Å². The number of nitro benzene ring substituents is 1. The summed E-state index contributed by atoms with van der Waals surface area (Å²) in [5.74, 6) is -0.775. The molecule has 1 heterocycles. The molecule has 9 heteroatoms. The summed E-state index contributed by atoms with van der Waals surface area (Å²) in [6.45, 7) is 1.61. The summed E-state index contributed by atoms with van der Waals surface area (Å²) in [5.41, 5.74) is 0.782. The number of hydrogen-bond donors (Lipinski definition) is 1. The SMILES string of the molecule is Cc1nc(SCc2c(Cl)cccc2[N+](=O)[O-])sc1C(=O)O. The summed E-state index contributed by atoms with van der Waals surface area (Å²) in [6.07, 6.45) is 0. The average molecular weight is 345 g/mol. The van der Waals surface area contributed by atoms with Gasteiger partial charge in [0.15, 0.2) is 4.34 Å². The number of carboxylic acid groups (broad SMARTS) is 1. The molecule has 0 aliphatic rings. The van der Waals surface area contributed by atoms with E-state index in [-0.39, 0.29) is 16.3 Å². The molecule has 0 fully saturated rings. The quantitative estimate of drug-likeness (QED) is 0.500. The molecule has 0 aliphatic carbocycles. The van der Waals surface area contributed by atoms with Crippen LogP contribution in [0, 0.1) is 17.0 Å². The number of aromatic nitrogens is 1. The van der Waals surface area contributed by atoms with Gasteiger partial charge in [0.2, 0.25) is 0 Å². The maximum absolute atomic E-state index is 11.0. The van der Waals surface area contributed by atoms with Crippen LogP contribution in [0.3, 0.4) is 0 Å². The van der Waals surface area contributed by atoms with E-state index in [0.717, 1.165) is 11.3 Å². The molecule has 0 amide bonds. The summed E-state index contributed by atoms with van der Waals surface area (Å²) >= 11 is 8.27. The number of rotatable bonds is 5. The molecule has 0 saturated heterocycles. The molecule has 0 unspecified atom stereocenters. The van der Waals surface area contributed by atoms with E-state index < -0.39 is 10.9 Å². The molecule has 1 aromatic heterocycles. The van der Waals surface area contributed by atoms with E-state index in [1.165, 1.54) is 23.9 Å². The van der Waals surface area contributed by atoms with Crippen LogP contribution in [-0.4, -0.2) is 21.0 Å². The van der Waals surface area contributed by atoms with Crippen molar-refractivity contribution in [2.75, 3.05) is 0 Å². The number of benzene rings is 1. The van der Waals surface area contributed by atoms with Crippen molar-refractivity contribution >= 4 is 46.4 Å².